The van der Waals surface area contributed by atoms with Gasteiger partial charge in [-0.2, -0.15) is 13.2 Å². The molecule has 11 heteroatoms. The summed E-state index contributed by atoms with van der Waals surface area (Å²) in [5.41, 5.74) is 4.62. The fourth-order valence-corrected chi connectivity index (χ4v) is 1.96. The fourth-order valence-electron chi connectivity index (χ4n) is 1.96. The van der Waals surface area contributed by atoms with E-state index in [0.717, 1.165) is 11.3 Å². The molecule has 0 unspecified atom stereocenters. The van der Waals surface area contributed by atoms with E-state index in [0.29, 0.717) is 22.6 Å². The van der Waals surface area contributed by atoms with E-state index in [2.05, 4.69) is 9.97 Å². The number of fused-ring (bicyclic) bond motifs is 1. The fraction of sp³-hybridized carbons (Fsp3) is 0.125. The van der Waals surface area contributed by atoms with Gasteiger partial charge in [0, 0.05) is 17.5 Å². The number of alkyl halides is 3. The number of halogens is 3. The highest BCUT2D eigenvalue weighted by atomic mass is 19.4. The first-order valence-electron chi connectivity index (χ1n) is 7.20. The molecular weight excluding hydrogens is 371 g/mol. The van der Waals surface area contributed by atoms with E-state index in [1.165, 1.54) is 0 Å². The molecule has 0 fully saturated rings. The summed E-state index contributed by atoms with van der Waals surface area (Å²) in [6.45, 7) is 1.87. The summed E-state index contributed by atoms with van der Waals surface area (Å²) in [4.78, 5) is 28.8. The van der Waals surface area contributed by atoms with Crippen molar-refractivity contribution in [3.05, 3.63) is 47.8 Å². The third-order valence-electron chi connectivity index (χ3n) is 3.23. The number of carbonyl (C=O) groups excluding carboxylic acids is 1. The number of aromatic nitrogens is 2. The van der Waals surface area contributed by atoms with Gasteiger partial charge in [-0.1, -0.05) is 0 Å². The first-order chi connectivity index (χ1) is 12.6. The SMILES string of the molecule is Cc1ncccc1-c1nc2cc(C(=O)NO)ccc2o1.O=C(O)C(F)(F)F. The number of pyridine rings is 1. The summed E-state index contributed by atoms with van der Waals surface area (Å²) < 4.78 is 37.4. The van der Waals surface area contributed by atoms with Gasteiger partial charge in [-0.25, -0.2) is 15.3 Å². The normalized spacial score (nSPS) is 10.9. The third-order valence-corrected chi connectivity index (χ3v) is 3.23. The average Bonchev–Trinajstić information content (AvgIpc) is 3.04. The number of carboxylic acids is 1. The van der Waals surface area contributed by atoms with Gasteiger partial charge >= 0.3 is 12.1 Å². The predicted molar refractivity (Wildman–Crippen MR) is 84.9 cm³/mol. The zero-order chi connectivity index (χ0) is 20.2. The molecule has 1 amide bonds. The standard InChI is InChI=1S/C14H11N3O3.C2HF3O2/c1-8-10(3-2-6-15-8)14-16-11-7-9(13(18)17-19)4-5-12(11)20-14;3-2(4,5)1(6)7/h2-7,19H,1H3,(H,17,18);(H,6,7). The minimum atomic E-state index is -5.08. The van der Waals surface area contributed by atoms with E-state index in [1.54, 1.807) is 29.9 Å². The number of rotatable bonds is 2. The number of amides is 1. The minimum absolute atomic E-state index is 0.308. The van der Waals surface area contributed by atoms with Crippen LogP contribution in [0.15, 0.2) is 40.9 Å². The molecule has 0 radical (unpaired) electrons. The van der Waals surface area contributed by atoms with E-state index in [-0.39, 0.29) is 0 Å². The van der Waals surface area contributed by atoms with Crippen molar-refractivity contribution >= 4 is 23.0 Å². The molecule has 142 valence electrons. The number of oxazole rings is 1. The smallest absolute Gasteiger partial charge is 0.475 e. The van der Waals surface area contributed by atoms with Gasteiger partial charge in [-0.3, -0.25) is 15.0 Å². The minimum Gasteiger partial charge on any atom is -0.475 e. The Morgan fingerprint density at radius 2 is 1.89 bits per heavy atom. The van der Waals surface area contributed by atoms with Crippen LogP contribution in [0.25, 0.3) is 22.6 Å². The summed E-state index contributed by atoms with van der Waals surface area (Å²) in [5.74, 6) is -2.89. The number of benzene rings is 1. The number of carboxylic acid groups (broad SMARTS) is 1. The lowest BCUT2D eigenvalue weighted by Gasteiger charge is -1.97. The number of aliphatic carboxylic acids is 1. The molecule has 0 aliphatic heterocycles. The van der Waals surface area contributed by atoms with Crippen LogP contribution in [0.1, 0.15) is 16.1 Å². The van der Waals surface area contributed by atoms with Gasteiger partial charge in [0.2, 0.25) is 5.89 Å². The molecular formula is C16H12F3N3O5. The lowest BCUT2D eigenvalue weighted by molar-refractivity contribution is -0.192. The van der Waals surface area contributed by atoms with Crippen LogP contribution in [0, 0.1) is 6.92 Å². The Balaban J connectivity index is 0.000000321. The molecule has 3 N–H and O–H groups in total. The molecule has 3 rings (SSSR count). The number of nitrogens with one attached hydrogen (secondary N) is 1. The Morgan fingerprint density at radius 1 is 1.22 bits per heavy atom. The van der Waals surface area contributed by atoms with E-state index in [4.69, 9.17) is 19.5 Å². The van der Waals surface area contributed by atoms with Gasteiger partial charge in [0.15, 0.2) is 5.58 Å². The van der Waals surface area contributed by atoms with Crippen LogP contribution in [0.2, 0.25) is 0 Å². The van der Waals surface area contributed by atoms with Crippen LogP contribution in [0.4, 0.5) is 13.2 Å². The molecule has 0 atom stereocenters. The van der Waals surface area contributed by atoms with Crippen molar-refractivity contribution in [2.24, 2.45) is 0 Å². The van der Waals surface area contributed by atoms with E-state index >= 15 is 0 Å². The van der Waals surface area contributed by atoms with Crippen molar-refractivity contribution < 1.29 is 37.5 Å². The zero-order valence-corrected chi connectivity index (χ0v) is 13.6. The summed E-state index contributed by atoms with van der Waals surface area (Å²) >= 11 is 0. The van der Waals surface area contributed by atoms with Gasteiger partial charge in [0.25, 0.3) is 5.91 Å². The Labute approximate surface area is 149 Å². The first-order valence-corrected chi connectivity index (χ1v) is 7.20. The van der Waals surface area contributed by atoms with E-state index in [1.807, 2.05) is 19.1 Å². The van der Waals surface area contributed by atoms with Crippen molar-refractivity contribution in [2.75, 3.05) is 0 Å². The lowest BCUT2D eigenvalue weighted by atomic mass is 10.2. The van der Waals surface area contributed by atoms with Crippen LogP contribution in [0.3, 0.4) is 0 Å². The summed E-state index contributed by atoms with van der Waals surface area (Å²) in [6, 6.07) is 8.43. The van der Waals surface area contributed by atoms with Gasteiger partial charge in [-0.15, -0.1) is 0 Å². The maximum absolute atomic E-state index is 11.4. The number of nitrogens with zero attached hydrogens (tertiary/aromatic N) is 2. The Kier molecular flexibility index (Phi) is 5.75. The molecule has 0 saturated carbocycles. The molecule has 0 spiro atoms. The van der Waals surface area contributed by atoms with Gasteiger partial charge in [0.1, 0.15) is 5.52 Å². The van der Waals surface area contributed by atoms with Crippen molar-refractivity contribution in [3.63, 3.8) is 0 Å². The summed E-state index contributed by atoms with van der Waals surface area (Å²) in [6.07, 6.45) is -3.38. The number of hydrogen-bond acceptors (Lipinski definition) is 6. The van der Waals surface area contributed by atoms with Crippen molar-refractivity contribution in [1.29, 1.82) is 0 Å². The maximum atomic E-state index is 11.4. The number of hydrogen-bond donors (Lipinski definition) is 3. The van der Waals surface area contributed by atoms with Crippen LogP contribution < -0.4 is 5.48 Å². The van der Waals surface area contributed by atoms with Crippen LogP contribution in [-0.4, -0.2) is 38.3 Å². The first kappa shape index (κ1) is 19.8. The second kappa shape index (κ2) is 7.83. The monoisotopic (exact) mass is 383 g/mol. The second-order valence-corrected chi connectivity index (χ2v) is 5.08. The Hall–Kier alpha value is -3.47. The lowest BCUT2D eigenvalue weighted by Crippen LogP contribution is -2.21. The van der Waals surface area contributed by atoms with Crippen molar-refractivity contribution in [2.45, 2.75) is 13.1 Å². The van der Waals surface area contributed by atoms with Crippen molar-refractivity contribution in [3.8, 4) is 11.5 Å². The maximum Gasteiger partial charge on any atom is 0.490 e. The van der Waals surface area contributed by atoms with Crippen molar-refractivity contribution in [1.82, 2.24) is 15.4 Å². The molecule has 1 aromatic carbocycles. The second-order valence-electron chi connectivity index (χ2n) is 5.08. The molecule has 27 heavy (non-hydrogen) atoms. The summed E-state index contributed by atoms with van der Waals surface area (Å²) in [7, 11) is 0. The molecule has 0 bridgehead atoms. The molecule has 0 saturated heterocycles. The van der Waals surface area contributed by atoms with Crippen LogP contribution >= 0.6 is 0 Å². The molecule has 0 aliphatic rings. The predicted octanol–water partition coefficient (Wildman–Crippen LogP) is 2.95. The largest absolute Gasteiger partial charge is 0.490 e. The number of hydroxylamine groups is 1. The molecule has 2 aromatic heterocycles. The molecule has 0 aliphatic carbocycles. The average molecular weight is 383 g/mol. The molecule has 8 nitrogen and oxygen atoms in total. The van der Waals surface area contributed by atoms with E-state index in [9.17, 15) is 18.0 Å². The van der Waals surface area contributed by atoms with Gasteiger partial charge < -0.3 is 9.52 Å². The third kappa shape index (κ3) is 4.79. The van der Waals surface area contributed by atoms with Gasteiger partial charge in [-0.05, 0) is 37.3 Å². The van der Waals surface area contributed by atoms with E-state index < -0.39 is 18.1 Å². The highest BCUT2D eigenvalue weighted by Crippen LogP contribution is 2.26. The number of aryl methyl sites for hydroxylation is 1. The zero-order valence-electron chi connectivity index (χ0n) is 13.6. The van der Waals surface area contributed by atoms with Gasteiger partial charge in [0.05, 0.1) is 5.56 Å². The van der Waals surface area contributed by atoms with Crippen LogP contribution in [-0.2, 0) is 4.79 Å². The Morgan fingerprint density at radius 3 is 2.44 bits per heavy atom. The highest BCUT2D eigenvalue weighted by Gasteiger charge is 2.38. The molecule has 2 heterocycles. The Bertz CT molecular complexity index is 985. The molecule has 3 aromatic rings. The topological polar surface area (TPSA) is 126 Å². The van der Waals surface area contributed by atoms with Crippen LogP contribution in [0.5, 0.6) is 0 Å². The number of carbonyl (C=O) groups is 2. The summed E-state index contributed by atoms with van der Waals surface area (Å²) in [5, 5.41) is 15.8. The highest BCUT2D eigenvalue weighted by molar-refractivity contribution is 5.96. The quantitative estimate of drug-likeness (QED) is 0.459.